The average molecular weight is 379 g/mol. The molecule has 0 radical (unpaired) electrons. The van der Waals surface area contributed by atoms with Crippen LogP contribution in [0.15, 0.2) is 52.4 Å². The van der Waals surface area contributed by atoms with Crippen molar-refractivity contribution in [2.45, 2.75) is 6.92 Å². The van der Waals surface area contributed by atoms with Gasteiger partial charge in [-0.2, -0.15) is 4.98 Å². The number of hydrogen-bond acceptors (Lipinski definition) is 7. The van der Waals surface area contributed by atoms with Crippen molar-refractivity contribution in [1.29, 1.82) is 0 Å². The van der Waals surface area contributed by atoms with Crippen LogP contribution in [0.2, 0.25) is 0 Å². The van der Waals surface area contributed by atoms with E-state index in [0.717, 1.165) is 27.4 Å². The average Bonchev–Trinajstić information content (AvgIpc) is 3.37. The summed E-state index contributed by atoms with van der Waals surface area (Å²) < 4.78 is 16.0. The molecule has 7 heteroatoms. The van der Waals surface area contributed by atoms with Gasteiger partial charge in [-0.15, -0.1) is 11.3 Å². The Morgan fingerprint density at radius 3 is 2.22 bits per heavy atom. The number of ether oxygens (including phenoxy) is 2. The molecule has 0 saturated heterocycles. The molecular formula is C20H17N3O3S. The van der Waals surface area contributed by atoms with Gasteiger partial charge in [0.25, 0.3) is 5.89 Å². The minimum atomic E-state index is 0.421. The van der Waals surface area contributed by atoms with Crippen LogP contribution in [0.25, 0.3) is 34.1 Å². The zero-order chi connectivity index (χ0) is 18.8. The van der Waals surface area contributed by atoms with Crippen molar-refractivity contribution in [3.05, 3.63) is 52.9 Å². The molecule has 0 saturated carbocycles. The fraction of sp³-hybridized carbons (Fsp3) is 0.150. The predicted octanol–water partition coefficient (Wildman–Crippen LogP) is 4.85. The van der Waals surface area contributed by atoms with Crippen LogP contribution in [0, 0.1) is 6.92 Å². The third kappa shape index (κ3) is 3.41. The Kier molecular flexibility index (Phi) is 4.60. The summed E-state index contributed by atoms with van der Waals surface area (Å²) >= 11 is 1.64. The number of rotatable bonds is 5. The van der Waals surface area contributed by atoms with Gasteiger partial charge in [0.2, 0.25) is 5.82 Å². The minimum absolute atomic E-state index is 0.421. The maximum absolute atomic E-state index is 5.43. The standard InChI is InChI=1S/C20H17N3O3S/c1-12-21-16(11-27-12)13-4-6-14(7-5-13)19-22-20(26-23-19)15-8-9-17(24-2)18(10-15)25-3/h4-11H,1-3H3. The van der Waals surface area contributed by atoms with Crippen molar-refractivity contribution < 1.29 is 14.0 Å². The van der Waals surface area contributed by atoms with E-state index in [2.05, 4.69) is 15.1 Å². The third-order valence-electron chi connectivity index (χ3n) is 4.11. The summed E-state index contributed by atoms with van der Waals surface area (Å²) in [7, 11) is 3.19. The van der Waals surface area contributed by atoms with Gasteiger partial charge in [-0.1, -0.05) is 29.4 Å². The summed E-state index contributed by atoms with van der Waals surface area (Å²) in [5.41, 5.74) is 3.68. The molecule has 0 spiro atoms. The Balaban J connectivity index is 1.61. The van der Waals surface area contributed by atoms with Crippen LogP contribution in [0.5, 0.6) is 11.5 Å². The fourth-order valence-electron chi connectivity index (χ4n) is 2.71. The highest BCUT2D eigenvalue weighted by atomic mass is 32.1. The SMILES string of the molecule is COc1ccc(-c2nc(-c3ccc(-c4csc(C)n4)cc3)no2)cc1OC. The predicted molar refractivity (Wildman–Crippen MR) is 104 cm³/mol. The molecule has 27 heavy (non-hydrogen) atoms. The maximum Gasteiger partial charge on any atom is 0.258 e. The highest BCUT2D eigenvalue weighted by molar-refractivity contribution is 7.09. The van der Waals surface area contributed by atoms with E-state index in [9.17, 15) is 0 Å². The maximum atomic E-state index is 5.43. The van der Waals surface area contributed by atoms with Gasteiger partial charge in [0.05, 0.1) is 24.9 Å². The van der Waals surface area contributed by atoms with Crippen LogP contribution in [0.3, 0.4) is 0 Å². The van der Waals surface area contributed by atoms with Crippen molar-refractivity contribution >= 4 is 11.3 Å². The lowest BCUT2D eigenvalue weighted by molar-refractivity contribution is 0.355. The van der Waals surface area contributed by atoms with Crippen molar-refractivity contribution in [2.24, 2.45) is 0 Å². The first kappa shape index (κ1) is 17.2. The zero-order valence-corrected chi connectivity index (χ0v) is 15.9. The Morgan fingerprint density at radius 1 is 0.852 bits per heavy atom. The molecule has 0 atom stereocenters. The normalized spacial score (nSPS) is 10.8. The topological polar surface area (TPSA) is 70.3 Å². The molecule has 136 valence electrons. The molecule has 0 unspecified atom stereocenters. The first-order valence-electron chi connectivity index (χ1n) is 8.27. The van der Waals surface area contributed by atoms with E-state index in [1.165, 1.54) is 0 Å². The highest BCUT2D eigenvalue weighted by Crippen LogP contribution is 2.32. The summed E-state index contributed by atoms with van der Waals surface area (Å²) in [5.74, 6) is 2.21. The lowest BCUT2D eigenvalue weighted by Gasteiger charge is -2.07. The number of thiazole rings is 1. The number of methoxy groups -OCH3 is 2. The molecule has 0 aliphatic carbocycles. The number of nitrogens with zero attached hydrogens (tertiary/aromatic N) is 3. The zero-order valence-electron chi connectivity index (χ0n) is 15.1. The van der Waals surface area contributed by atoms with Crippen LogP contribution in [-0.2, 0) is 0 Å². The molecule has 0 bridgehead atoms. The van der Waals surface area contributed by atoms with Gasteiger partial charge in [0, 0.05) is 22.1 Å². The van der Waals surface area contributed by atoms with Crippen molar-refractivity contribution in [2.75, 3.05) is 14.2 Å². The molecule has 6 nitrogen and oxygen atoms in total. The lowest BCUT2D eigenvalue weighted by atomic mass is 10.1. The quantitative estimate of drug-likeness (QED) is 0.493. The molecule has 0 aliphatic rings. The Bertz CT molecular complexity index is 1070. The summed E-state index contributed by atoms with van der Waals surface area (Å²) in [6.07, 6.45) is 0. The van der Waals surface area contributed by atoms with Crippen LogP contribution in [0.1, 0.15) is 5.01 Å². The molecule has 4 aromatic rings. The van der Waals surface area contributed by atoms with Gasteiger partial charge in [-0.25, -0.2) is 4.98 Å². The second kappa shape index (κ2) is 7.20. The minimum Gasteiger partial charge on any atom is -0.493 e. The van der Waals surface area contributed by atoms with Gasteiger partial charge in [-0.05, 0) is 25.1 Å². The molecule has 2 aromatic heterocycles. The Morgan fingerprint density at radius 2 is 1.56 bits per heavy atom. The Labute approximate surface area is 160 Å². The smallest absolute Gasteiger partial charge is 0.258 e. The molecule has 0 N–H and O–H groups in total. The molecule has 0 amide bonds. The van der Waals surface area contributed by atoms with Gasteiger partial charge in [0.15, 0.2) is 11.5 Å². The lowest BCUT2D eigenvalue weighted by Crippen LogP contribution is -1.91. The van der Waals surface area contributed by atoms with Gasteiger partial charge >= 0.3 is 0 Å². The molecule has 0 aliphatic heterocycles. The van der Waals surface area contributed by atoms with Crippen LogP contribution in [0.4, 0.5) is 0 Å². The van der Waals surface area contributed by atoms with Crippen LogP contribution >= 0.6 is 11.3 Å². The van der Waals surface area contributed by atoms with E-state index in [-0.39, 0.29) is 0 Å². The van der Waals surface area contributed by atoms with E-state index in [1.54, 1.807) is 25.6 Å². The number of aromatic nitrogens is 3. The van der Waals surface area contributed by atoms with Crippen molar-refractivity contribution in [1.82, 2.24) is 15.1 Å². The summed E-state index contributed by atoms with van der Waals surface area (Å²) in [6, 6.07) is 13.4. The summed E-state index contributed by atoms with van der Waals surface area (Å²) in [6.45, 7) is 2.00. The summed E-state index contributed by atoms with van der Waals surface area (Å²) in [5, 5.41) is 7.19. The van der Waals surface area contributed by atoms with Crippen molar-refractivity contribution in [3.8, 4) is 45.6 Å². The largest absolute Gasteiger partial charge is 0.493 e. The van der Waals surface area contributed by atoms with Gasteiger partial charge in [0.1, 0.15) is 0 Å². The highest BCUT2D eigenvalue weighted by Gasteiger charge is 2.14. The number of hydrogen-bond donors (Lipinski definition) is 0. The molecule has 2 heterocycles. The summed E-state index contributed by atoms with van der Waals surface area (Å²) in [4.78, 5) is 9.00. The first-order chi connectivity index (χ1) is 13.2. The van der Waals surface area contributed by atoms with Crippen LogP contribution < -0.4 is 9.47 Å². The number of benzene rings is 2. The van der Waals surface area contributed by atoms with Crippen LogP contribution in [-0.4, -0.2) is 29.3 Å². The second-order valence-corrected chi connectivity index (χ2v) is 6.88. The second-order valence-electron chi connectivity index (χ2n) is 5.82. The van der Waals surface area contributed by atoms with Gasteiger partial charge in [-0.3, -0.25) is 0 Å². The molecule has 4 rings (SSSR count). The molecule has 2 aromatic carbocycles. The van der Waals surface area contributed by atoms with E-state index < -0.39 is 0 Å². The molecular weight excluding hydrogens is 362 g/mol. The third-order valence-corrected chi connectivity index (χ3v) is 4.89. The molecule has 0 fully saturated rings. The van der Waals surface area contributed by atoms with Crippen molar-refractivity contribution in [3.63, 3.8) is 0 Å². The number of aryl methyl sites for hydroxylation is 1. The first-order valence-corrected chi connectivity index (χ1v) is 9.15. The van der Waals surface area contributed by atoms with E-state index >= 15 is 0 Å². The van der Waals surface area contributed by atoms with E-state index in [1.807, 2.05) is 54.8 Å². The Hall–Kier alpha value is -3.19. The van der Waals surface area contributed by atoms with E-state index in [4.69, 9.17) is 14.0 Å². The van der Waals surface area contributed by atoms with Gasteiger partial charge < -0.3 is 14.0 Å². The fourth-order valence-corrected chi connectivity index (χ4v) is 3.34. The van der Waals surface area contributed by atoms with E-state index in [0.29, 0.717) is 23.2 Å². The monoisotopic (exact) mass is 379 g/mol.